The molecule has 3 N–H and O–H groups in total. The van der Waals surface area contributed by atoms with Gasteiger partial charge in [0.15, 0.2) is 5.58 Å². The number of nitro benzene ring substituents is 1. The summed E-state index contributed by atoms with van der Waals surface area (Å²) in [4.78, 5) is 52.6. The standard InChI is InChI=1S/C20H20N6O6/c21-19(28)12-2-1-7-24(10-12)17-6-3-13(9-22-17)23-18(27)11-25-15-5-4-14(26(30)31)8-16(15)32-20(25)29/h3-6,8-9,12H,1-2,7,10-11H2,(H2,21,28)(H,23,27). The highest BCUT2D eigenvalue weighted by atomic mass is 16.6. The van der Waals surface area contributed by atoms with Crippen LogP contribution in [-0.4, -0.2) is 39.4 Å². The van der Waals surface area contributed by atoms with Gasteiger partial charge in [-0.2, -0.15) is 0 Å². The molecule has 2 amide bonds. The van der Waals surface area contributed by atoms with Crippen molar-refractivity contribution < 1.29 is 18.9 Å². The van der Waals surface area contributed by atoms with Gasteiger partial charge in [0.2, 0.25) is 11.8 Å². The second-order valence-electron chi connectivity index (χ2n) is 7.50. The minimum Gasteiger partial charge on any atom is -0.407 e. The predicted octanol–water partition coefficient (Wildman–Crippen LogP) is 1.24. The van der Waals surface area contributed by atoms with E-state index in [2.05, 4.69) is 10.3 Å². The number of piperidine rings is 1. The van der Waals surface area contributed by atoms with Crippen molar-refractivity contribution in [2.75, 3.05) is 23.3 Å². The molecular formula is C20H20N6O6. The number of nitrogens with two attached hydrogens (primary N) is 1. The number of nitrogens with one attached hydrogen (secondary N) is 1. The minimum absolute atomic E-state index is 0.0267. The average Bonchev–Trinajstić information content (AvgIpc) is 3.08. The normalized spacial score (nSPS) is 16.1. The fraction of sp³-hybridized carbons (Fsp3) is 0.300. The maximum atomic E-state index is 12.4. The van der Waals surface area contributed by atoms with Crippen molar-refractivity contribution in [3.63, 3.8) is 0 Å². The molecule has 0 aliphatic carbocycles. The Bertz CT molecular complexity index is 1250. The van der Waals surface area contributed by atoms with Crippen molar-refractivity contribution in [2.24, 2.45) is 11.7 Å². The molecule has 12 nitrogen and oxygen atoms in total. The molecule has 0 radical (unpaired) electrons. The van der Waals surface area contributed by atoms with Gasteiger partial charge < -0.3 is 20.4 Å². The number of rotatable bonds is 6. The van der Waals surface area contributed by atoms with Crippen LogP contribution in [0, 0.1) is 16.0 Å². The summed E-state index contributed by atoms with van der Waals surface area (Å²) in [5.74, 6) is -1.15. The molecule has 4 rings (SSSR count). The lowest BCUT2D eigenvalue weighted by Gasteiger charge is -2.32. The Morgan fingerprint density at radius 3 is 2.81 bits per heavy atom. The molecule has 12 heteroatoms. The van der Waals surface area contributed by atoms with E-state index in [-0.39, 0.29) is 35.2 Å². The summed E-state index contributed by atoms with van der Waals surface area (Å²) in [6, 6.07) is 7.14. The lowest BCUT2D eigenvalue weighted by atomic mass is 9.97. The van der Waals surface area contributed by atoms with Crippen LogP contribution in [0.1, 0.15) is 12.8 Å². The number of aromatic nitrogens is 2. The highest BCUT2D eigenvalue weighted by molar-refractivity contribution is 5.91. The third-order valence-corrected chi connectivity index (χ3v) is 5.34. The number of nitrogens with zero attached hydrogens (tertiary/aromatic N) is 4. The van der Waals surface area contributed by atoms with Gasteiger partial charge in [-0.15, -0.1) is 0 Å². The third-order valence-electron chi connectivity index (χ3n) is 5.34. The van der Waals surface area contributed by atoms with E-state index in [0.717, 1.165) is 30.0 Å². The number of benzene rings is 1. The number of carbonyl (C=O) groups is 2. The smallest absolute Gasteiger partial charge is 0.407 e. The number of amides is 2. The molecule has 1 aromatic carbocycles. The first-order valence-electron chi connectivity index (χ1n) is 9.90. The topological polar surface area (TPSA) is 167 Å². The van der Waals surface area contributed by atoms with Crippen LogP contribution in [0.5, 0.6) is 0 Å². The molecule has 3 heterocycles. The van der Waals surface area contributed by atoms with Gasteiger partial charge in [0.1, 0.15) is 12.4 Å². The van der Waals surface area contributed by atoms with Gasteiger partial charge >= 0.3 is 5.76 Å². The van der Waals surface area contributed by atoms with Crippen LogP contribution in [-0.2, 0) is 16.1 Å². The Morgan fingerprint density at radius 1 is 1.31 bits per heavy atom. The molecular weight excluding hydrogens is 420 g/mol. The number of hydrogen-bond acceptors (Lipinski definition) is 8. The van der Waals surface area contributed by atoms with Gasteiger partial charge in [0.05, 0.1) is 34.3 Å². The van der Waals surface area contributed by atoms with Crippen LogP contribution in [0.4, 0.5) is 17.2 Å². The Labute approximate surface area is 180 Å². The second-order valence-corrected chi connectivity index (χ2v) is 7.50. The molecule has 0 spiro atoms. The summed E-state index contributed by atoms with van der Waals surface area (Å²) < 4.78 is 6.11. The van der Waals surface area contributed by atoms with Gasteiger partial charge in [-0.1, -0.05) is 0 Å². The molecule has 1 fully saturated rings. The van der Waals surface area contributed by atoms with Crippen molar-refractivity contribution in [2.45, 2.75) is 19.4 Å². The van der Waals surface area contributed by atoms with Crippen molar-refractivity contribution in [3.05, 3.63) is 57.2 Å². The number of hydrogen-bond donors (Lipinski definition) is 2. The molecule has 166 valence electrons. The molecule has 1 saturated heterocycles. The zero-order chi connectivity index (χ0) is 22.8. The Balaban J connectivity index is 1.43. The Morgan fingerprint density at radius 2 is 2.12 bits per heavy atom. The first kappa shape index (κ1) is 21.0. The number of carbonyl (C=O) groups excluding carboxylic acids is 2. The molecule has 1 atom stereocenters. The third kappa shape index (κ3) is 4.29. The lowest BCUT2D eigenvalue weighted by molar-refractivity contribution is -0.384. The minimum atomic E-state index is -0.793. The van der Waals surface area contributed by atoms with Gasteiger partial charge in [-0.3, -0.25) is 24.3 Å². The molecule has 1 aliphatic rings. The summed E-state index contributed by atoms with van der Waals surface area (Å²) in [5.41, 5.74) is 5.93. The number of fused-ring (bicyclic) bond motifs is 1. The first-order chi connectivity index (χ1) is 15.3. The van der Waals surface area contributed by atoms with Gasteiger partial charge in [0.25, 0.3) is 5.69 Å². The van der Waals surface area contributed by atoms with Crippen LogP contribution in [0.15, 0.2) is 45.7 Å². The van der Waals surface area contributed by atoms with Crippen molar-refractivity contribution in [1.82, 2.24) is 9.55 Å². The molecule has 0 saturated carbocycles. The number of pyridine rings is 1. The summed E-state index contributed by atoms with van der Waals surface area (Å²) in [5, 5.41) is 13.5. The number of primary amides is 1. The SMILES string of the molecule is NC(=O)C1CCCN(c2ccc(NC(=O)Cn3c(=O)oc4cc([N+](=O)[O-])ccc43)cn2)C1. The fourth-order valence-corrected chi connectivity index (χ4v) is 3.73. The Kier molecular flexibility index (Phi) is 5.58. The zero-order valence-electron chi connectivity index (χ0n) is 16.9. The number of oxazole rings is 1. The van der Waals surface area contributed by atoms with Gasteiger partial charge in [-0.25, -0.2) is 9.78 Å². The Hall–Kier alpha value is -4.22. The van der Waals surface area contributed by atoms with Gasteiger partial charge in [0, 0.05) is 19.2 Å². The van der Waals surface area contributed by atoms with E-state index < -0.39 is 16.6 Å². The van der Waals surface area contributed by atoms with Crippen LogP contribution < -0.4 is 21.7 Å². The van der Waals surface area contributed by atoms with E-state index in [1.54, 1.807) is 12.1 Å². The van der Waals surface area contributed by atoms with Crippen molar-refractivity contribution in [3.8, 4) is 0 Å². The van der Waals surface area contributed by atoms with E-state index in [4.69, 9.17) is 10.2 Å². The summed E-state index contributed by atoms with van der Waals surface area (Å²) in [7, 11) is 0. The van der Waals surface area contributed by atoms with Crippen LogP contribution >= 0.6 is 0 Å². The van der Waals surface area contributed by atoms with E-state index >= 15 is 0 Å². The van der Waals surface area contributed by atoms with Crippen LogP contribution in [0.25, 0.3) is 11.1 Å². The molecule has 1 aliphatic heterocycles. The van der Waals surface area contributed by atoms with E-state index in [0.29, 0.717) is 18.1 Å². The summed E-state index contributed by atoms with van der Waals surface area (Å²) in [6.07, 6.45) is 3.08. The fourth-order valence-electron chi connectivity index (χ4n) is 3.73. The maximum Gasteiger partial charge on any atom is 0.420 e. The summed E-state index contributed by atoms with van der Waals surface area (Å²) >= 11 is 0. The lowest BCUT2D eigenvalue weighted by Crippen LogP contribution is -2.41. The summed E-state index contributed by atoms with van der Waals surface area (Å²) in [6.45, 7) is 0.928. The average molecular weight is 440 g/mol. The second kappa shape index (κ2) is 8.49. The maximum absolute atomic E-state index is 12.4. The number of non-ortho nitro benzene ring substituents is 1. The van der Waals surface area contributed by atoms with E-state index in [9.17, 15) is 24.5 Å². The monoisotopic (exact) mass is 440 g/mol. The number of nitro groups is 1. The zero-order valence-corrected chi connectivity index (χ0v) is 16.9. The quantitative estimate of drug-likeness (QED) is 0.426. The van der Waals surface area contributed by atoms with Crippen molar-refractivity contribution >= 4 is 40.1 Å². The van der Waals surface area contributed by atoms with E-state index in [1.807, 2.05) is 4.90 Å². The first-order valence-corrected chi connectivity index (χ1v) is 9.90. The molecule has 1 unspecified atom stereocenters. The van der Waals surface area contributed by atoms with E-state index in [1.165, 1.54) is 18.3 Å². The highest BCUT2D eigenvalue weighted by Crippen LogP contribution is 2.23. The number of anilines is 2. The molecule has 2 aromatic heterocycles. The molecule has 0 bridgehead atoms. The van der Waals surface area contributed by atoms with Crippen molar-refractivity contribution in [1.29, 1.82) is 0 Å². The molecule has 3 aromatic rings. The highest BCUT2D eigenvalue weighted by Gasteiger charge is 2.24. The van der Waals surface area contributed by atoms with Crippen LogP contribution in [0.3, 0.4) is 0 Å². The van der Waals surface area contributed by atoms with Crippen LogP contribution in [0.2, 0.25) is 0 Å². The molecule has 32 heavy (non-hydrogen) atoms. The predicted molar refractivity (Wildman–Crippen MR) is 114 cm³/mol. The largest absolute Gasteiger partial charge is 0.420 e. The van der Waals surface area contributed by atoms with Gasteiger partial charge in [-0.05, 0) is 31.0 Å².